The summed E-state index contributed by atoms with van der Waals surface area (Å²) < 4.78 is 0. The van der Waals surface area contributed by atoms with Crippen LogP contribution >= 0.6 is 11.8 Å². The van der Waals surface area contributed by atoms with Gasteiger partial charge in [0.15, 0.2) is 0 Å². The van der Waals surface area contributed by atoms with Crippen molar-refractivity contribution in [2.75, 3.05) is 0 Å². The molecule has 0 saturated carbocycles. The lowest BCUT2D eigenvalue weighted by molar-refractivity contribution is -0.136. The summed E-state index contributed by atoms with van der Waals surface area (Å²) in [5, 5.41) is 18.4. The quantitative estimate of drug-likeness (QED) is 0.821. The number of nitriles is 1. The van der Waals surface area contributed by atoms with Crippen LogP contribution < -0.4 is 0 Å². The molecule has 0 aliphatic rings. The van der Waals surface area contributed by atoms with Gasteiger partial charge in [0.05, 0.1) is 5.56 Å². The van der Waals surface area contributed by atoms with E-state index in [2.05, 4.69) is 18.0 Å². The summed E-state index contributed by atoms with van der Waals surface area (Å²) in [6, 6.07) is 14.6. The van der Waals surface area contributed by atoms with Gasteiger partial charge in [0.1, 0.15) is 16.3 Å². The Morgan fingerprint density at radius 1 is 1.32 bits per heavy atom. The van der Waals surface area contributed by atoms with Crippen LogP contribution in [0.1, 0.15) is 35.4 Å². The summed E-state index contributed by atoms with van der Waals surface area (Å²) >= 11 is 1.11. The van der Waals surface area contributed by atoms with Crippen LogP contribution in [-0.4, -0.2) is 16.1 Å². The van der Waals surface area contributed by atoms with E-state index in [0.717, 1.165) is 30.3 Å². The summed E-state index contributed by atoms with van der Waals surface area (Å²) in [4.78, 5) is 16.0. The fourth-order valence-corrected chi connectivity index (χ4v) is 3.08. The molecule has 1 aromatic carbocycles. The standard InChI is InChI=1S/C17H16N2O2S/c1-2-6-14-10-9-13(11-18)16(19-14)22-15(17(20)21)12-7-4-3-5-8-12/h3-5,7-10,15H,2,6H2,1H3,(H,20,21). The molecular weight excluding hydrogens is 296 g/mol. The highest BCUT2D eigenvalue weighted by molar-refractivity contribution is 8.00. The lowest BCUT2D eigenvalue weighted by atomic mass is 10.1. The highest BCUT2D eigenvalue weighted by Crippen LogP contribution is 2.36. The van der Waals surface area contributed by atoms with Crippen molar-refractivity contribution in [1.82, 2.24) is 4.98 Å². The summed E-state index contributed by atoms with van der Waals surface area (Å²) in [6.07, 6.45) is 1.76. The largest absolute Gasteiger partial charge is 0.480 e. The molecule has 0 aliphatic carbocycles. The molecule has 0 saturated heterocycles. The normalized spacial score (nSPS) is 11.6. The fraction of sp³-hybridized carbons (Fsp3) is 0.235. The Morgan fingerprint density at radius 2 is 2.05 bits per heavy atom. The van der Waals surface area contributed by atoms with Gasteiger partial charge in [0.25, 0.3) is 0 Å². The molecular formula is C17H16N2O2S. The molecule has 0 aliphatic heterocycles. The van der Waals surface area contributed by atoms with Crippen molar-refractivity contribution >= 4 is 17.7 Å². The van der Waals surface area contributed by atoms with Gasteiger partial charge in [-0.2, -0.15) is 5.26 Å². The Hall–Kier alpha value is -2.32. The summed E-state index contributed by atoms with van der Waals surface area (Å²) in [7, 11) is 0. The van der Waals surface area contributed by atoms with Crippen LogP contribution in [0.4, 0.5) is 0 Å². The first kappa shape index (κ1) is 16.1. The molecule has 0 amide bonds. The maximum absolute atomic E-state index is 11.6. The number of aryl methyl sites for hydroxylation is 1. The number of aromatic nitrogens is 1. The zero-order valence-electron chi connectivity index (χ0n) is 12.2. The van der Waals surface area contributed by atoms with Crippen LogP contribution in [0, 0.1) is 11.3 Å². The Labute approximate surface area is 133 Å². The Balaban J connectivity index is 2.36. The maximum atomic E-state index is 11.6. The van der Waals surface area contributed by atoms with E-state index in [-0.39, 0.29) is 0 Å². The molecule has 0 fully saturated rings. The molecule has 1 N–H and O–H groups in total. The van der Waals surface area contributed by atoms with E-state index < -0.39 is 11.2 Å². The van der Waals surface area contributed by atoms with Gasteiger partial charge >= 0.3 is 5.97 Å². The number of carboxylic acids is 1. The van der Waals surface area contributed by atoms with Gasteiger partial charge in [0.2, 0.25) is 0 Å². The SMILES string of the molecule is CCCc1ccc(C#N)c(SC(C(=O)O)c2ccccc2)n1. The summed E-state index contributed by atoms with van der Waals surface area (Å²) in [5.74, 6) is -0.942. The van der Waals surface area contributed by atoms with E-state index in [1.54, 1.807) is 30.3 Å². The number of rotatable bonds is 6. The first-order valence-electron chi connectivity index (χ1n) is 7.00. The summed E-state index contributed by atoms with van der Waals surface area (Å²) in [5.41, 5.74) is 1.97. The molecule has 0 spiro atoms. The predicted molar refractivity (Wildman–Crippen MR) is 85.6 cm³/mol. The zero-order valence-corrected chi connectivity index (χ0v) is 13.0. The second kappa shape index (κ2) is 7.62. The fourth-order valence-electron chi connectivity index (χ4n) is 2.05. The van der Waals surface area contributed by atoms with E-state index in [9.17, 15) is 15.2 Å². The number of carboxylic acid groups (broad SMARTS) is 1. The Bertz CT molecular complexity index is 696. The number of carbonyl (C=O) groups is 1. The molecule has 22 heavy (non-hydrogen) atoms. The molecule has 1 heterocycles. The third-order valence-corrected chi connectivity index (χ3v) is 4.34. The third kappa shape index (κ3) is 3.86. The molecule has 1 aromatic heterocycles. The van der Waals surface area contributed by atoms with Crippen LogP contribution in [0.2, 0.25) is 0 Å². The van der Waals surface area contributed by atoms with E-state index in [1.807, 2.05) is 12.1 Å². The van der Waals surface area contributed by atoms with Gasteiger partial charge in [0, 0.05) is 5.69 Å². The van der Waals surface area contributed by atoms with Gasteiger partial charge < -0.3 is 5.11 Å². The number of thioether (sulfide) groups is 1. The average Bonchev–Trinajstić information content (AvgIpc) is 2.53. The number of hydrogen-bond acceptors (Lipinski definition) is 4. The number of pyridine rings is 1. The van der Waals surface area contributed by atoms with Crippen LogP contribution in [0.3, 0.4) is 0 Å². The van der Waals surface area contributed by atoms with E-state index >= 15 is 0 Å². The molecule has 4 nitrogen and oxygen atoms in total. The molecule has 112 valence electrons. The van der Waals surface area contributed by atoms with Crippen molar-refractivity contribution in [3.63, 3.8) is 0 Å². The Kier molecular flexibility index (Phi) is 5.56. The first-order chi connectivity index (χ1) is 10.7. The van der Waals surface area contributed by atoms with Crippen LogP contribution in [0.25, 0.3) is 0 Å². The van der Waals surface area contributed by atoms with Gasteiger partial charge in [-0.3, -0.25) is 4.79 Å². The smallest absolute Gasteiger partial charge is 0.321 e. The zero-order chi connectivity index (χ0) is 15.9. The minimum atomic E-state index is -0.942. The lowest BCUT2D eigenvalue weighted by Gasteiger charge is -2.13. The van der Waals surface area contributed by atoms with E-state index in [4.69, 9.17) is 0 Å². The average molecular weight is 312 g/mol. The molecule has 1 unspecified atom stereocenters. The third-order valence-electron chi connectivity index (χ3n) is 3.10. The minimum absolute atomic E-state index is 0.409. The lowest BCUT2D eigenvalue weighted by Crippen LogP contribution is -2.09. The molecule has 0 bridgehead atoms. The maximum Gasteiger partial charge on any atom is 0.321 e. The molecule has 0 radical (unpaired) electrons. The molecule has 5 heteroatoms. The van der Waals surface area contributed by atoms with Gasteiger partial charge in [-0.15, -0.1) is 0 Å². The van der Waals surface area contributed by atoms with Crippen molar-refractivity contribution in [3.05, 3.63) is 59.3 Å². The molecule has 1 atom stereocenters. The first-order valence-corrected chi connectivity index (χ1v) is 7.88. The van der Waals surface area contributed by atoms with Crippen molar-refractivity contribution in [2.45, 2.75) is 30.0 Å². The highest BCUT2D eigenvalue weighted by atomic mass is 32.2. The predicted octanol–water partition coefficient (Wildman–Crippen LogP) is 3.82. The van der Waals surface area contributed by atoms with Crippen LogP contribution in [0.15, 0.2) is 47.5 Å². The second-order valence-electron chi connectivity index (χ2n) is 4.76. The number of aliphatic carboxylic acids is 1. The Morgan fingerprint density at radius 3 is 2.64 bits per heavy atom. The summed E-state index contributed by atoms with van der Waals surface area (Å²) in [6.45, 7) is 2.05. The number of benzene rings is 1. The van der Waals surface area contributed by atoms with Crippen LogP contribution in [-0.2, 0) is 11.2 Å². The van der Waals surface area contributed by atoms with Crippen LogP contribution in [0.5, 0.6) is 0 Å². The monoisotopic (exact) mass is 312 g/mol. The molecule has 2 aromatic rings. The minimum Gasteiger partial charge on any atom is -0.480 e. The van der Waals surface area contributed by atoms with Crippen molar-refractivity contribution in [2.24, 2.45) is 0 Å². The second-order valence-corrected chi connectivity index (χ2v) is 5.86. The van der Waals surface area contributed by atoms with Crippen molar-refractivity contribution < 1.29 is 9.90 Å². The molecule has 2 rings (SSSR count). The number of nitrogens with zero attached hydrogens (tertiary/aromatic N) is 2. The topological polar surface area (TPSA) is 74.0 Å². The number of hydrogen-bond donors (Lipinski definition) is 1. The van der Waals surface area contributed by atoms with Crippen molar-refractivity contribution in [3.8, 4) is 6.07 Å². The van der Waals surface area contributed by atoms with Gasteiger partial charge in [-0.05, 0) is 24.1 Å². The van der Waals surface area contributed by atoms with Gasteiger partial charge in [-0.25, -0.2) is 4.98 Å². The van der Waals surface area contributed by atoms with E-state index in [1.165, 1.54) is 0 Å². The van der Waals surface area contributed by atoms with Crippen molar-refractivity contribution in [1.29, 1.82) is 5.26 Å². The van der Waals surface area contributed by atoms with E-state index in [0.29, 0.717) is 16.2 Å². The highest BCUT2D eigenvalue weighted by Gasteiger charge is 2.23. The van der Waals surface area contributed by atoms with Gasteiger partial charge in [-0.1, -0.05) is 55.4 Å².